The highest BCUT2D eigenvalue weighted by Crippen LogP contribution is 2.34. The molecule has 1 aliphatic rings. The third-order valence-corrected chi connectivity index (χ3v) is 5.28. The smallest absolute Gasteiger partial charge is 0.311 e. The Morgan fingerprint density at radius 1 is 1.10 bits per heavy atom. The van der Waals surface area contributed by atoms with E-state index in [0.717, 1.165) is 11.1 Å². The van der Waals surface area contributed by atoms with Crippen LogP contribution >= 0.6 is 0 Å². The van der Waals surface area contributed by atoms with Crippen molar-refractivity contribution in [3.8, 4) is 0 Å². The van der Waals surface area contributed by atoms with Crippen LogP contribution in [0.4, 0.5) is 16.3 Å². The summed E-state index contributed by atoms with van der Waals surface area (Å²) in [5.41, 5.74) is 1.44. The molecule has 1 saturated heterocycles. The summed E-state index contributed by atoms with van der Waals surface area (Å²) < 4.78 is 0. The van der Waals surface area contributed by atoms with Crippen LogP contribution in [0.15, 0.2) is 42.6 Å². The van der Waals surface area contributed by atoms with Gasteiger partial charge in [0.1, 0.15) is 11.4 Å². The molecule has 30 heavy (non-hydrogen) atoms. The van der Waals surface area contributed by atoms with Crippen LogP contribution in [0.3, 0.4) is 0 Å². The number of pyridine rings is 1. The number of hydrogen-bond donors (Lipinski definition) is 1. The van der Waals surface area contributed by atoms with Crippen molar-refractivity contribution in [3.63, 3.8) is 0 Å². The fraction of sp³-hybridized carbons (Fsp3) is 0.391. The lowest BCUT2D eigenvalue weighted by Crippen LogP contribution is -2.43. The maximum atomic E-state index is 13.2. The van der Waals surface area contributed by atoms with Crippen LogP contribution in [0.5, 0.6) is 0 Å². The van der Waals surface area contributed by atoms with Gasteiger partial charge < -0.3 is 10.2 Å². The van der Waals surface area contributed by atoms with Gasteiger partial charge in [-0.2, -0.15) is 0 Å². The van der Waals surface area contributed by atoms with Crippen LogP contribution in [-0.4, -0.2) is 33.3 Å². The van der Waals surface area contributed by atoms with Crippen LogP contribution in [0, 0.1) is 0 Å². The molecule has 0 spiro atoms. The highest BCUT2D eigenvalue weighted by Gasteiger charge is 2.51. The number of aromatic nitrogens is 1. The van der Waals surface area contributed by atoms with E-state index in [2.05, 4.69) is 31.1 Å². The Labute approximate surface area is 177 Å². The Balaban J connectivity index is 1.88. The van der Waals surface area contributed by atoms with E-state index >= 15 is 0 Å². The van der Waals surface area contributed by atoms with Crippen molar-refractivity contribution in [2.45, 2.75) is 59.0 Å². The predicted octanol–water partition coefficient (Wildman–Crippen LogP) is 4.08. The molecule has 158 valence electrons. The van der Waals surface area contributed by atoms with E-state index in [0.29, 0.717) is 11.5 Å². The average Bonchev–Trinajstić information content (AvgIpc) is 2.81. The number of anilines is 2. The van der Waals surface area contributed by atoms with Crippen molar-refractivity contribution in [3.05, 3.63) is 53.7 Å². The molecule has 0 atom stereocenters. The lowest BCUT2D eigenvalue weighted by molar-refractivity contribution is -0.123. The van der Waals surface area contributed by atoms with Crippen LogP contribution in [0.25, 0.3) is 0 Å². The summed E-state index contributed by atoms with van der Waals surface area (Å²) in [7, 11) is 0. The quantitative estimate of drug-likeness (QED) is 0.773. The first kappa shape index (κ1) is 21.5. The summed E-state index contributed by atoms with van der Waals surface area (Å²) in [5, 5.41) is 2.63. The van der Waals surface area contributed by atoms with Gasteiger partial charge in [-0.15, -0.1) is 0 Å². The Morgan fingerprint density at radius 2 is 1.73 bits per heavy atom. The summed E-state index contributed by atoms with van der Waals surface area (Å²) in [6.07, 6.45) is 1.57. The van der Waals surface area contributed by atoms with Gasteiger partial charge in [0, 0.05) is 19.7 Å². The predicted molar refractivity (Wildman–Crippen MR) is 116 cm³/mol. The zero-order valence-electron chi connectivity index (χ0n) is 18.3. The fourth-order valence-electron chi connectivity index (χ4n) is 3.44. The van der Waals surface area contributed by atoms with Gasteiger partial charge in [0.2, 0.25) is 5.91 Å². The number of amides is 4. The summed E-state index contributed by atoms with van der Waals surface area (Å²) in [6, 6.07) is 10.6. The summed E-state index contributed by atoms with van der Waals surface area (Å²) in [4.78, 5) is 44.5. The normalized spacial score (nSPS) is 16.2. The number of rotatable bonds is 4. The number of nitrogens with one attached hydrogen (secondary N) is 1. The molecule has 2 heterocycles. The Bertz CT molecular complexity index is 990. The van der Waals surface area contributed by atoms with E-state index in [9.17, 15) is 14.4 Å². The van der Waals surface area contributed by atoms with E-state index in [-0.39, 0.29) is 29.8 Å². The molecule has 0 unspecified atom stereocenters. The number of urea groups is 1. The molecule has 1 aromatic heterocycles. The third-order valence-electron chi connectivity index (χ3n) is 5.28. The second-order valence-corrected chi connectivity index (χ2v) is 9.10. The zero-order valence-corrected chi connectivity index (χ0v) is 18.3. The van der Waals surface area contributed by atoms with Crippen LogP contribution in [0.2, 0.25) is 0 Å². The van der Waals surface area contributed by atoms with E-state index in [1.54, 1.807) is 37.1 Å². The Kier molecular flexibility index (Phi) is 5.41. The maximum absolute atomic E-state index is 13.2. The molecule has 0 bridgehead atoms. The standard InChI is InChI=1S/C23H28N4O3/c1-15(28)25-19-13-16(11-12-24-19)14-26-21(30)27(20(29)23(26,5)6)18-9-7-17(8-10-18)22(2,3)4/h7-13H,14H2,1-6H3,(H,24,25,28). The molecule has 1 aromatic carbocycles. The minimum atomic E-state index is -1.00. The summed E-state index contributed by atoms with van der Waals surface area (Å²) in [5.74, 6) is -0.0881. The van der Waals surface area contributed by atoms with Gasteiger partial charge >= 0.3 is 6.03 Å². The SMILES string of the molecule is CC(=O)Nc1cc(CN2C(=O)N(c3ccc(C(C)(C)C)cc3)C(=O)C2(C)C)ccn1. The van der Waals surface area contributed by atoms with E-state index in [1.807, 2.05) is 24.3 Å². The molecule has 4 amide bonds. The highest BCUT2D eigenvalue weighted by molar-refractivity contribution is 6.22. The van der Waals surface area contributed by atoms with Crippen molar-refractivity contribution < 1.29 is 14.4 Å². The first-order valence-corrected chi connectivity index (χ1v) is 9.90. The topological polar surface area (TPSA) is 82.6 Å². The van der Waals surface area contributed by atoms with Crippen molar-refractivity contribution in [2.75, 3.05) is 10.2 Å². The molecule has 3 rings (SSSR count). The third kappa shape index (κ3) is 4.06. The summed E-state index contributed by atoms with van der Waals surface area (Å²) >= 11 is 0. The van der Waals surface area contributed by atoms with Gasteiger partial charge in [-0.1, -0.05) is 32.9 Å². The Morgan fingerprint density at radius 3 is 2.30 bits per heavy atom. The van der Waals surface area contributed by atoms with Crippen molar-refractivity contribution in [1.82, 2.24) is 9.88 Å². The molecule has 7 nitrogen and oxygen atoms in total. The lowest BCUT2D eigenvalue weighted by atomic mass is 9.87. The maximum Gasteiger partial charge on any atom is 0.332 e. The van der Waals surface area contributed by atoms with E-state index in [1.165, 1.54) is 11.8 Å². The van der Waals surface area contributed by atoms with Crippen LogP contribution in [0.1, 0.15) is 52.7 Å². The largest absolute Gasteiger partial charge is 0.332 e. The van der Waals surface area contributed by atoms with Crippen molar-refractivity contribution in [2.24, 2.45) is 0 Å². The molecule has 1 fully saturated rings. The van der Waals surface area contributed by atoms with Crippen molar-refractivity contribution in [1.29, 1.82) is 0 Å². The molecule has 0 saturated carbocycles. The minimum absolute atomic E-state index is 0.0180. The molecular formula is C23H28N4O3. The fourth-order valence-corrected chi connectivity index (χ4v) is 3.44. The molecular weight excluding hydrogens is 380 g/mol. The average molecular weight is 409 g/mol. The number of imide groups is 1. The van der Waals surface area contributed by atoms with Gasteiger partial charge in [0.05, 0.1) is 5.69 Å². The van der Waals surface area contributed by atoms with E-state index < -0.39 is 5.54 Å². The lowest BCUT2D eigenvalue weighted by Gasteiger charge is -2.27. The molecule has 7 heteroatoms. The second kappa shape index (κ2) is 7.55. The Hall–Kier alpha value is -3.22. The van der Waals surface area contributed by atoms with Gasteiger partial charge in [0.15, 0.2) is 0 Å². The summed E-state index contributed by atoms with van der Waals surface area (Å²) in [6.45, 7) is 11.5. The number of carbonyl (C=O) groups is 3. The highest BCUT2D eigenvalue weighted by atomic mass is 16.2. The van der Waals surface area contributed by atoms with Crippen molar-refractivity contribution >= 4 is 29.4 Å². The van der Waals surface area contributed by atoms with Gasteiger partial charge in [-0.05, 0) is 54.7 Å². The minimum Gasteiger partial charge on any atom is -0.311 e. The first-order chi connectivity index (χ1) is 13.9. The molecule has 2 aromatic rings. The molecule has 1 N–H and O–H groups in total. The van der Waals surface area contributed by atoms with E-state index in [4.69, 9.17) is 0 Å². The molecule has 0 aliphatic carbocycles. The monoisotopic (exact) mass is 408 g/mol. The van der Waals surface area contributed by atoms with Gasteiger partial charge in [-0.25, -0.2) is 14.7 Å². The number of carbonyl (C=O) groups excluding carboxylic acids is 3. The van der Waals surface area contributed by atoms with Crippen LogP contribution < -0.4 is 10.2 Å². The zero-order chi connectivity index (χ0) is 22.3. The van der Waals surface area contributed by atoms with Gasteiger partial charge in [-0.3, -0.25) is 9.59 Å². The number of benzene rings is 1. The molecule has 0 radical (unpaired) electrons. The molecule has 1 aliphatic heterocycles. The second-order valence-electron chi connectivity index (χ2n) is 9.10. The van der Waals surface area contributed by atoms with Crippen LogP contribution in [-0.2, 0) is 21.5 Å². The number of nitrogens with zero attached hydrogens (tertiary/aromatic N) is 3. The first-order valence-electron chi connectivity index (χ1n) is 9.90. The van der Waals surface area contributed by atoms with Gasteiger partial charge in [0.25, 0.3) is 5.91 Å². The number of hydrogen-bond acceptors (Lipinski definition) is 4.